The van der Waals surface area contributed by atoms with Gasteiger partial charge in [-0.15, -0.1) is 0 Å². The molecule has 116 valence electrons. The van der Waals surface area contributed by atoms with E-state index < -0.39 is 0 Å². The average Bonchev–Trinajstić information content (AvgIpc) is 3.26. The number of guanidine groups is 1. The summed E-state index contributed by atoms with van der Waals surface area (Å²) in [5, 5.41) is 3.52. The Morgan fingerprint density at radius 2 is 2.00 bits per heavy atom. The molecule has 1 fully saturated rings. The van der Waals surface area contributed by atoms with E-state index in [0.29, 0.717) is 12.0 Å². The summed E-state index contributed by atoms with van der Waals surface area (Å²) in [6.45, 7) is 2.55. The molecule has 1 aromatic rings. The van der Waals surface area contributed by atoms with E-state index >= 15 is 0 Å². The van der Waals surface area contributed by atoms with Gasteiger partial charge in [0.2, 0.25) is 0 Å². The molecule has 1 N–H and O–H groups in total. The summed E-state index contributed by atoms with van der Waals surface area (Å²) in [5.74, 6) is 0.961. The number of nitrogens with zero attached hydrogens (tertiary/aromatic N) is 2. The number of aliphatic imine (C=N–C) groups is 1. The Morgan fingerprint density at radius 1 is 1.29 bits per heavy atom. The highest BCUT2D eigenvalue weighted by Crippen LogP contribution is 2.48. The van der Waals surface area contributed by atoms with Crippen molar-refractivity contribution in [3.8, 4) is 0 Å². The fourth-order valence-electron chi connectivity index (χ4n) is 2.38. The topological polar surface area (TPSA) is 36.9 Å². The second-order valence-electron chi connectivity index (χ2n) is 6.12. The maximum atomic E-state index is 5.21. The molecular formula is C17H27N3O. The van der Waals surface area contributed by atoms with Crippen LogP contribution in [0.3, 0.4) is 0 Å². The van der Waals surface area contributed by atoms with E-state index in [0.717, 1.165) is 25.5 Å². The number of nitrogens with one attached hydrogen (secondary N) is 1. The zero-order valence-electron chi connectivity index (χ0n) is 13.4. The summed E-state index contributed by atoms with van der Waals surface area (Å²) < 4.78 is 5.21. The smallest absolute Gasteiger partial charge is 0.193 e. The van der Waals surface area contributed by atoms with Crippen LogP contribution >= 0.6 is 0 Å². The van der Waals surface area contributed by atoms with Gasteiger partial charge in [0.05, 0.1) is 6.54 Å². The highest BCUT2D eigenvalue weighted by molar-refractivity contribution is 5.79. The molecule has 0 bridgehead atoms. The van der Waals surface area contributed by atoms with Gasteiger partial charge in [-0.1, -0.05) is 30.3 Å². The maximum Gasteiger partial charge on any atom is 0.193 e. The van der Waals surface area contributed by atoms with Crippen LogP contribution in [0.15, 0.2) is 35.3 Å². The monoisotopic (exact) mass is 289 g/mol. The zero-order valence-corrected chi connectivity index (χ0v) is 13.4. The van der Waals surface area contributed by atoms with Crippen molar-refractivity contribution in [1.29, 1.82) is 0 Å². The van der Waals surface area contributed by atoms with Gasteiger partial charge in [0.1, 0.15) is 0 Å². The van der Waals surface area contributed by atoms with Crippen molar-refractivity contribution in [1.82, 2.24) is 10.2 Å². The SMILES string of the molecule is COCCC1(CNC(=NCc2ccccc2)N(C)C)CC1. The van der Waals surface area contributed by atoms with Crippen molar-refractivity contribution in [2.24, 2.45) is 10.4 Å². The molecule has 0 aliphatic heterocycles. The Kier molecular flexibility index (Phi) is 5.62. The summed E-state index contributed by atoms with van der Waals surface area (Å²) in [5.41, 5.74) is 1.67. The summed E-state index contributed by atoms with van der Waals surface area (Å²) in [7, 11) is 5.84. The van der Waals surface area contributed by atoms with E-state index in [4.69, 9.17) is 9.73 Å². The molecular weight excluding hydrogens is 262 g/mol. The molecule has 21 heavy (non-hydrogen) atoms. The standard InChI is InChI=1S/C17H27N3O/c1-20(2)16(18-13-15-7-5-4-6-8-15)19-14-17(9-10-17)11-12-21-3/h4-8H,9-14H2,1-3H3,(H,18,19). The molecule has 1 aliphatic carbocycles. The Hall–Kier alpha value is -1.55. The average molecular weight is 289 g/mol. The molecule has 1 aromatic carbocycles. The van der Waals surface area contributed by atoms with Gasteiger partial charge in [0.25, 0.3) is 0 Å². The molecule has 0 heterocycles. The summed E-state index contributed by atoms with van der Waals surface area (Å²) in [4.78, 5) is 6.76. The predicted molar refractivity (Wildman–Crippen MR) is 87.4 cm³/mol. The van der Waals surface area contributed by atoms with Crippen molar-refractivity contribution in [2.45, 2.75) is 25.8 Å². The van der Waals surface area contributed by atoms with Crippen LogP contribution in [-0.2, 0) is 11.3 Å². The van der Waals surface area contributed by atoms with E-state index in [9.17, 15) is 0 Å². The molecule has 0 spiro atoms. The first-order chi connectivity index (χ1) is 10.2. The van der Waals surface area contributed by atoms with Crippen LogP contribution in [0.1, 0.15) is 24.8 Å². The Bertz CT molecular complexity index is 452. The van der Waals surface area contributed by atoms with Crippen molar-refractivity contribution < 1.29 is 4.74 Å². The molecule has 4 nitrogen and oxygen atoms in total. The molecule has 0 aromatic heterocycles. The number of hydrogen-bond donors (Lipinski definition) is 1. The first-order valence-corrected chi connectivity index (χ1v) is 7.64. The van der Waals surface area contributed by atoms with E-state index in [1.807, 2.05) is 20.2 Å². The summed E-state index contributed by atoms with van der Waals surface area (Å²) in [6, 6.07) is 10.4. The number of methoxy groups -OCH3 is 1. The predicted octanol–water partition coefficient (Wildman–Crippen LogP) is 2.51. The molecule has 1 aliphatic rings. The second kappa shape index (κ2) is 7.46. The molecule has 0 radical (unpaired) electrons. The Labute approximate surface area is 128 Å². The molecule has 0 unspecified atom stereocenters. The van der Waals surface area contributed by atoms with Gasteiger partial charge in [-0.25, -0.2) is 4.99 Å². The van der Waals surface area contributed by atoms with Crippen LogP contribution in [0.4, 0.5) is 0 Å². The number of hydrogen-bond acceptors (Lipinski definition) is 2. The highest BCUT2D eigenvalue weighted by atomic mass is 16.5. The third kappa shape index (κ3) is 5.05. The second-order valence-corrected chi connectivity index (χ2v) is 6.12. The van der Waals surface area contributed by atoms with Crippen molar-refractivity contribution in [2.75, 3.05) is 34.4 Å². The molecule has 0 atom stereocenters. The van der Waals surface area contributed by atoms with Gasteiger partial charge >= 0.3 is 0 Å². The van der Waals surface area contributed by atoms with E-state index in [1.165, 1.54) is 18.4 Å². The molecule has 1 saturated carbocycles. The maximum absolute atomic E-state index is 5.21. The first-order valence-electron chi connectivity index (χ1n) is 7.64. The third-order valence-corrected chi connectivity index (χ3v) is 4.09. The minimum absolute atomic E-state index is 0.430. The molecule has 2 rings (SSSR count). The number of benzene rings is 1. The summed E-state index contributed by atoms with van der Waals surface area (Å²) in [6.07, 6.45) is 3.72. The number of ether oxygens (including phenoxy) is 1. The van der Waals surface area contributed by atoms with Crippen molar-refractivity contribution >= 4 is 5.96 Å². The first kappa shape index (κ1) is 15.8. The van der Waals surface area contributed by atoms with Crippen LogP contribution < -0.4 is 5.32 Å². The van der Waals surface area contributed by atoms with Gasteiger partial charge in [0.15, 0.2) is 5.96 Å². The van der Waals surface area contributed by atoms with Crippen LogP contribution in [0.25, 0.3) is 0 Å². The summed E-state index contributed by atoms with van der Waals surface area (Å²) >= 11 is 0. The largest absolute Gasteiger partial charge is 0.385 e. The van der Waals surface area contributed by atoms with E-state index in [-0.39, 0.29) is 0 Å². The van der Waals surface area contributed by atoms with Gasteiger partial charge < -0.3 is 15.0 Å². The minimum atomic E-state index is 0.430. The zero-order chi connectivity index (χ0) is 15.1. The van der Waals surface area contributed by atoms with Crippen LogP contribution in [0, 0.1) is 5.41 Å². The van der Waals surface area contributed by atoms with E-state index in [1.54, 1.807) is 7.11 Å². The van der Waals surface area contributed by atoms with Crippen LogP contribution in [0.5, 0.6) is 0 Å². The van der Waals surface area contributed by atoms with E-state index in [2.05, 4.69) is 34.5 Å². The fourth-order valence-corrected chi connectivity index (χ4v) is 2.38. The fraction of sp³-hybridized carbons (Fsp3) is 0.588. The van der Waals surface area contributed by atoms with Crippen molar-refractivity contribution in [3.05, 3.63) is 35.9 Å². The normalized spacial score (nSPS) is 16.6. The van der Waals surface area contributed by atoms with Gasteiger partial charge in [-0.3, -0.25) is 0 Å². The minimum Gasteiger partial charge on any atom is -0.385 e. The van der Waals surface area contributed by atoms with Gasteiger partial charge in [0, 0.05) is 34.4 Å². The lowest BCUT2D eigenvalue weighted by atomic mass is 10.0. The Balaban J connectivity index is 1.87. The number of rotatable bonds is 7. The van der Waals surface area contributed by atoms with Gasteiger partial charge in [-0.05, 0) is 30.2 Å². The molecule has 0 saturated heterocycles. The highest BCUT2D eigenvalue weighted by Gasteiger charge is 2.41. The molecule has 0 amide bonds. The van der Waals surface area contributed by atoms with Crippen LogP contribution in [-0.4, -0.2) is 45.2 Å². The molecule has 4 heteroatoms. The lowest BCUT2D eigenvalue weighted by Crippen LogP contribution is -2.39. The van der Waals surface area contributed by atoms with Crippen molar-refractivity contribution in [3.63, 3.8) is 0 Å². The van der Waals surface area contributed by atoms with Gasteiger partial charge in [-0.2, -0.15) is 0 Å². The third-order valence-electron chi connectivity index (χ3n) is 4.09. The quantitative estimate of drug-likeness (QED) is 0.619. The Morgan fingerprint density at radius 3 is 2.57 bits per heavy atom. The van der Waals surface area contributed by atoms with Crippen LogP contribution in [0.2, 0.25) is 0 Å². The lowest BCUT2D eigenvalue weighted by molar-refractivity contribution is 0.172. The lowest BCUT2D eigenvalue weighted by Gasteiger charge is -2.21.